The van der Waals surface area contributed by atoms with E-state index in [1.54, 1.807) is 24.5 Å². The zero-order chi connectivity index (χ0) is 25.9. The van der Waals surface area contributed by atoms with Crippen molar-refractivity contribution in [1.82, 2.24) is 4.57 Å². The van der Waals surface area contributed by atoms with E-state index in [4.69, 9.17) is 15.9 Å². The lowest BCUT2D eigenvalue weighted by Gasteiger charge is -2.25. The fraction of sp³-hybridized carbons (Fsp3) is 0.167. The van der Waals surface area contributed by atoms with E-state index in [-0.39, 0.29) is 18.8 Å². The highest BCUT2D eigenvalue weighted by Crippen LogP contribution is 2.34. The second kappa shape index (κ2) is 10.3. The summed E-state index contributed by atoms with van der Waals surface area (Å²) in [5.74, 6) is 2.59. The van der Waals surface area contributed by atoms with Gasteiger partial charge in [0.25, 0.3) is 5.56 Å². The van der Waals surface area contributed by atoms with Crippen LogP contribution in [0.3, 0.4) is 0 Å². The third kappa shape index (κ3) is 4.59. The maximum absolute atomic E-state index is 13.9. The number of rotatable bonds is 6. The lowest BCUT2D eigenvalue weighted by Crippen LogP contribution is -2.40. The average molecular weight is 509 g/mol. The van der Waals surface area contributed by atoms with Crippen molar-refractivity contribution in [1.29, 1.82) is 0 Å². The van der Waals surface area contributed by atoms with Crippen LogP contribution in [0.1, 0.15) is 31.0 Å². The van der Waals surface area contributed by atoms with Crippen LogP contribution in [0, 0.1) is 12.3 Å². The molecule has 1 aromatic heterocycles. The van der Waals surface area contributed by atoms with Crippen molar-refractivity contribution < 1.29 is 14.3 Å². The second-order valence-corrected chi connectivity index (χ2v) is 9.45. The summed E-state index contributed by atoms with van der Waals surface area (Å²) in [6.07, 6.45) is 7.10. The van der Waals surface area contributed by atoms with Gasteiger partial charge in [-0.2, -0.15) is 0 Å². The van der Waals surface area contributed by atoms with E-state index in [1.165, 1.54) is 11.3 Å². The molecule has 1 atom stereocenters. The Morgan fingerprint density at radius 2 is 1.95 bits per heavy atom. The Balaban J connectivity index is 1.73. The highest BCUT2D eigenvalue weighted by atomic mass is 32.1. The van der Waals surface area contributed by atoms with Gasteiger partial charge in [-0.3, -0.25) is 9.36 Å². The number of terminal acetylenes is 1. The minimum absolute atomic E-state index is 0.159. The highest BCUT2D eigenvalue weighted by molar-refractivity contribution is 7.07. The number of carbonyl (C=O) groups excluding carboxylic acids is 1. The molecule has 5 rings (SSSR count). The number of thiazole rings is 1. The molecule has 0 fully saturated rings. The van der Waals surface area contributed by atoms with E-state index in [0.29, 0.717) is 26.4 Å². The molecule has 2 heterocycles. The summed E-state index contributed by atoms with van der Waals surface area (Å²) in [7, 11) is 0. The normalized spacial score (nSPS) is 15.2. The van der Waals surface area contributed by atoms with Gasteiger partial charge in [-0.1, -0.05) is 71.9 Å². The Hall–Kier alpha value is -4.41. The molecule has 0 saturated heterocycles. The number of hydrogen-bond acceptors (Lipinski definition) is 6. The predicted molar refractivity (Wildman–Crippen MR) is 145 cm³/mol. The maximum Gasteiger partial charge on any atom is 0.338 e. The Labute approximate surface area is 217 Å². The van der Waals surface area contributed by atoms with E-state index < -0.39 is 12.0 Å². The molecule has 0 amide bonds. The molecule has 6 nitrogen and oxygen atoms in total. The Morgan fingerprint density at radius 1 is 1.16 bits per heavy atom. The summed E-state index contributed by atoms with van der Waals surface area (Å²) >= 11 is 1.28. The van der Waals surface area contributed by atoms with Crippen molar-refractivity contribution in [2.45, 2.75) is 19.9 Å². The van der Waals surface area contributed by atoms with Gasteiger partial charge in [0, 0.05) is 0 Å². The first-order valence-electron chi connectivity index (χ1n) is 11.9. The smallest absolute Gasteiger partial charge is 0.338 e. The van der Waals surface area contributed by atoms with Crippen molar-refractivity contribution in [2.24, 2.45) is 4.99 Å². The number of benzene rings is 3. The number of hydrogen-bond donors (Lipinski definition) is 0. The number of allylic oxidation sites excluding steroid dienone is 1. The fourth-order valence-electron chi connectivity index (χ4n) is 4.55. The maximum atomic E-state index is 13.9. The zero-order valence-electron chi connectivity index (χ0n) is 20.4. The van der Waals surface area contributed by atoms with Crippen LogP contribution in [-0.2, 0) is 9.53 Å². The summed E-state index contributed by atoms with van der Waals surface area (Å²) in [6, 6.07) is 20.5. The Morgan fingerprint density at radius 3 is 2.76 bits per heavy atom. The summed E-state index contributed by atoms with van der Waals surface area (Å²) in [5, 5.41) is 1.98. The summed E-state index contributed by atoms with van der Waals surface area (Å²) in [4.78, 5) is 32.2. The zero-order valence-corrected chi connectivity index (χ0v) is 21.2. The highest BCUT2D eigenvalue weighted by Gasteiger charge is 2.34. The van der Waals surface area contributed by atoms with E-state index in [1.807, 2.05) is 66.7 Å². The molecule has 4 aromatic rings. The quantitative estimate of drug-likeness (QED) is 0.292. The van der Waals surface area contributed by atoms with Crippen LogP contribution < -0.4 is 19.6 Å². The van der Waals surface area contributed by atoms with Gasteiger partial charge >= 0.3 is 5.97 Å². The van der Waals surface area contributed by atoms with Crippen molar-refractivity contribution in [2.75, 3.05) is 13.2 Å². The Kier molecular flexibility index (Phi) is 6.76. The van der Waals surface area contributed by atoms with Gasteiger partial charge < -0.3 is 9.47 Å². The van der Waals surface area contributed by atoms with Gasteiger partial charge in [-0.05, 0) is 54.0 Å². The summed E-state index contributed by atoms with van der Waals surface area (Å²) in [6.45, 7) is 3.93. The molecule has 1 unspecified atom stereocenters. The number of aromatic nitrogens is 1. The van der Waals surface area contributed by atoms with Gasteiger partial charge in [0.2, 0.25) is 0 Å². The second-order valence-electron chi connectivity index (χ2n) is 8.44. The first kappa shape index (κ1) is 24.3. The third-order valence-corrected chi connectivity index (χ3v) is 7.10. The van der Waals surface area contributed by atoms with Crippen molar-refractivity contribution in [3.63, 3.8) is 0 Å². The molecule has 0 spiro atoms. The van der Waals surface area contributed by atoms with Gasteiger partial charge in [0.05, 0.1) is 28.5 Å². The van der Waals surface area contributed by atoms with E-state index in [9.17, 15) is 9.59 Å². The lowest BCUT2D eigenvalue weighted by molar-refractivity contribution is -0.139. The van der Waals surface area contributed by atoms with Crippen LogP contribution in [0.5, 0.6) is 5.75 Å². The van der Waals surface area contributed by atoms with Crippen LogP contribution in [0.15, 0.2) is 87.8 Å². The SMILES string of the molecule is C#CCOc1cccc(/C=c2/sc3n(c2=O)C(c2cccc4ccccc24)C(C(=O)OCC)=C(C)N=3)c1. The van der Waals surface area contributed by atoms with Crippen LogP contribution in [0.4, 0.5) is 0 Å². The molecule has 0 radical (unpaired) electrons. The average Bonchev–Trinajstić information content (AvgIpc) is 3.20. The molecule has 1 aliphatic heterocycles. The van der Waals surface area contributed by atoms with Gasteiger partial charge in [0.1, 0.15) is 12.4 Å². The molecule has 0 saturated carbocycles. The van der Waals surface area contributed by atoms with Crippen LogP contribution >= 0.6 is 11.3 Å². The van der Waals surface area contributed by atoms with Crippen LogP contribution in [0.2, 0.25) is 0 Å². The molecule has 0 N–H and O–H groups in total. The first-order valence-corrected chi connectivity index (χ1v) is 12.7. The molecule has 1 aliphatic rings. The van der Waals surface area contributed by atoms with E-state index in [0.717, 1.165) is 21.9 Å². The first-order chi connectivity index (χ1) is 18.0. The number of fused-ring (bicyclic) bond motifs is 2. The van der Waals surface area contributed by atoms with Crippen molar-refractivity contribution in [3.8, 4) is 18.1 Å². The number of esters is 1. The number of carbonyl (C=O) groups is 1. The minimum Gasteiger partial charge on any atom is -0.481 e. The molecule has 7 heteroatoms. The van der Waals surface area contributed by atoms with E-state index in [2.05, 4.69) is 10.9 Å². The van der Waals surface area contributed by atoms with Crippen LogP contribution in [-0.4, -0.2) is 23.8 Å². The molecular formula is C30H24N2O4S. The molecule has 37 heavy (non-hydrogen) atoms. The van der Waals surface area contributed by atoms with Crippen molar-refractivity contribution in [3.05, 3.63) is 109 Å². The fourth-order valence-corrected chi connectivity index (χ4v) is 5.59. The van der Waals surface area contributed by atoms with Gasteiger partial charge in [-0.15, -0.1) is 6.42 Å². The Bertz CT molecular complexity index is 1770. The predicted octanol–water partition coefficient (Wildman–Crippen LogP) is 3.96. The third-order valence-electron chi connectivity index (χ3n) is 6.11. The standard InChI is InChI=1S/C30H24N2O4S/c1-4-16-36-22-13-8-10-20(17-22)18-25-28(33)32-27(24-15-9-12-21-11-6-7-14-23(21)24)26(29(34)35-5-2)19(3)31-30(32)37-25/h1,6-15,17-18,27H,5,16H2,2-3H3/b25-18+. The molecule has 184 valence electrons. The minimum atomic E-state index is -0.672. The molecule has 3 aromatic carbocycles. The van der Waals surface area contributed by atoms with E-state index >= 15 is 0 Å². The largest absolute Gasteiger partial charge is 0.481 e. The van der Waals surface area contributed by atoms with Crippen LogP contribution in [0.25, 0.3) is 16.8 Å². The molecular weight excluding hydrogens is 484 g/mol. The molecule has 0 bridgehead atoms. The topological polar surface area (TPSA) is 69.9 Å². The number of ether oxygens (including phenoxy) is 2. The lowest BCUT2D eigenvalue weighted by atomic mass is 9.91. The van der Waals surface area contributed by atoms with Crippen molar-refractivity contribution >= 4 is 34.2 Å². The monoisotopic (exact) mass is 508 g/mol. The van der Waals surface area contributed by atoms with Gasteiger partial charge in [-0.25, -0.2) is 9.79 Å². The summed E-state index contributed by atoms with van der Waals surface area (Å²) < 4.78 is 13.0. The molecule has 0 aliphatic carbocycles. The number of nitrogens with zero attached hydrogens (tertiary/aromatic N) is 2. The summed E-state index contributed by atoms with van der Waals surface area (Å²) in [5.41, 5.74) is 2.30. The van der Waals surface area contributed by atoms with Gasteiger partial charge in [0.15, 0.2) is 4.80 Å².